The molecule has 96 valence electrons. The van der Waals surface area contributed by atoms with Gasteiger partial charge in [-0.05, 0) is 32.0 Å². The van der Waals surface area contributed by atoms with Gasteiger partial charge in [0.1, 0.15) is 18.0 Å². The van der Waals surface area contributed by atoms with Gasteiger partial charge in [0, 0.05) is 11.1 Å². The molecule has 0 radical (unpaired) electrons. The monoisotopic (exact) mass is 268 g/mol. The Morgan fingerprint density at radius 2 is 2.22 bits per heavy atom. The van der Waals surface area contributed by atoms with E-state index in [0.29, 0.717) is 17.3 Å². The van der Waals surface area contributed by atoms with Crippen LogP contribution in [0.25, 0.3) is 0 Å². The largest absolute Gasteiger partial charge is 0.375 e. The van der Waals surface area contributed by atoms with E-state index in [4.69, 9.17) is 11.6 Å². The lowest BCUT2D eigenvalue weighted by molar-refractivity contribution is 0.508. The summed E-state index contributed by atoms with van der Waals surface area (Å²) in [5, 5.41) is 7.57. The third kappa shape index (κ3) is 2.79. The number of anilines is 1. The van der Waals surface area contributed by atoms with E-state index in [1.165, 1.54) is 18.5 Å². The summed E-state index contributed by atoms with van der Waals surface area (Å²) in [6.45, 7) is 4.42. The molecule has 0 bridgehead atoms. The van der Waals surface area contributed by atoms with Crippen LogP contribution >= 0.6 is 11.6 Å². The molecule has 0 aliphatic heterocycles. The van der Waals surface area contributed by atoms with Crippen LogP contribution in [0.2, 0.25) is 5.02 Å². The molecule has 0 atom stereocenters. The van der Waals surface area contributed by atoms with Crippen molar-refractivity contribution < 1.29 is 4.39 Å². The Kier molecular flexibility index (Phi) is 3.81. The second-order valence-corrected chi connectivity index (χ2v) is 4.63. The lowest BCUT2D eigenvalue weighted by Gasteiger charge is -2.11. The van der Waals surface area contributed by atoms with Gasteiger partial charge in [-0.3, -0.25) is 0 Å². The Morgan fingerprint density at radius 3 is 2.94 bits per heavy atom. The maximum atomic E-state index is 13.5. The van der Waals surface area contributed by atoms with Crippen LogP contribution in [0.15, 0.2) is 24.5 Å². The SMILES string of the molecule is CC(C)n1ncnc1CNc1cc(Cl)ccc1F. The standard InChI is InChI=1S/C12H14ClFN4/c1-8(2)18-12(16-7-17-18)6-15-11-5-9(13)3-4-10(11)14/h3-5,7-8,15H,6H2,1-2H3. The van der Waals surface area contributed by atoms with Gasteiger partial charge in [0.05, 0.1) is 12.2 Å². The fraction of sp³-hybridized carbons (Fsp3) is 0.333. The molecule has 0 saturated carbocycles. The highest BCUT2D eigenvalue weighted by Gasteiger charge is 2.08. The van der Waals surface area contributed by atoms with Crippen molar-refractivity contribution in [2.24, 2.45) is 0 Å². The molecular weight excluding hydrogens is 255 g/mol. The van der Waals surface area contributed by atoms with Gasteiger partial charge in [0.15, 0.2) is 0 Å². The van der Waals surface area contributed by atoms with E-state index >= 15 is 0 Å². The van der Waals surface area contributed by atoms with Crippen molar-refractivity contribution in [2.75, 3.05) is 5.32 Å². The molecule has 0 aliphatic rings. The zero-order chi connectivity index (χ0) is 13.1. The number of halogens is 2. The zero-order valence-electron chi connectivity index (χ0n) is 10.2. The summed E-state index contributed by atoms with van der Waals surface area (Å²) >= 11 is 5.82. The zero-order valence-corrected chi connectivity index (χ0v) is 10.9. The molecule has 0 unspecified atom stereocenters. The fourth-order valence-corrected chi connectivity index (χ4v) is 1.81. The number of hydrogen-bond donors (Lipinski definition) is 1. The van der Waals surface area contributed by atoms with Crippen LogP contribution in [0.3, 0.4) is 0 Å². The van der Waals surface area contributed by atoms with Gasteiger partial charge < -0.3 is 5.32 Å². The Morgan fingerprint density at radius 1 is 1.44 bits per heavy atom. The van der Waals surface area contributed by atoms with E-state index in [2.05, 4.69) is 15.4 Å². The van der Waals surface area contributed by atoms with Gasteiger partial charge >= 0.3 is 0 Å². The predicted molar refractivity (Wildman–Crippen MR) is 69.1 cm³/mol. The van der Waals surface area contributed by atoms with Crippen molar-refractivity contribution in [2.45, 2.75) is 26.4 Å². The Balaban J connectivity index is 2.11. The number of nitrogens with zero attached hydrogens (tertiary/aromatic N) is 3. The molecule has 2 aromatic rings. The van der Waals surface area contributed by atoms with Gasteiger partial charge in [-0.25, -0.2) is 14.1 Å². The minimum absolute atomic E-state index is 0.216. The second kappa shape index (κ2) is 5.35. The average Bonchev–Trinajstić information content (AvgIpc) is 2.79. The lowest BCUT2D eigenvalue weighted by atomic mass is 10.3. The van der Waals surface area contributed by atoms with Crippen LogP contribution in [0.5, 0.6) is 0 Å². The van der Waals surface area contributed by atoms with Gasteiger partial charge in [-0.2, -0.15) is 5.10 Å². The Labute approximate surface area is 110 Å². The molecule has 18 heavy (non-hydrogen) atoms. The number of nitrogens with one attached hydrogen (secondary N) is 1. The maximum Gasteiger partial charge on any atom is 0.146 e. The van der Waals surface area contributed by atoms with E-state index in [1.54, 1.807) is 10.7 Å². The van der Waals surface area contributed by atoms with E-state index in [9.17, 15) is 4.39 Å². The van der Waals surface area contributed by atoms with E-state index < -0.39 is 0 Å². The molecule has 6 heteroatoms. The summed E-state index contributed by atoms with van der Waals surface area (Å²) in [4.78, 5) is 4.14. The summed E-state index contributed by atoms with van der Waals surface area (Å²) in [5.41, 5.74) is 0.362. The minimum Gasteiger partial charge on any atom is -0.375 e. The highest BCUT2D eigenvalue weighted by molar-refractivity contribution is 6.30. The Bertz CT molecular complexity index is 539. The topological polar surface area (TPSA) is 42.7 Å². The molecule has 0 amide bonds. The van der Waals surface area contributed by atoms with Crippen LogP contribution in [0, 0.1) is 5.82 Å². The maximum absolute atomic E-state index is 13.5. The van der Waals surface area contributed by atoms with Crippen LogP contribution in [0.1, 0.15) is 25.7 Å². The minimum atomic E-state index is -0.338. The number of rotatable bonds is 4. The molecule has 4 nitrogen and oxygen atoms in total. The third-order valence-electron chi connectivity index (χ3n) is 2.50. The molecule has 1 aromatic carbocycles. The molecular formula is C12H14ClFN4. The predicted octanol–water partition coefficient (Wildman–Crippen LogP) is 3.26. The van der Waals surface area contributed by atoms with Crippen molar-refractivity contribution in [3.8, 4) is 0 Å². The molecule has 0 fully saturated rings. The van der Waals surface area contributed by atoms with Crippen LogP contribution < -0.4 is 5.32 Å². The first-order valence-electron chi connectivity index (χ1n) is 5.65. The van der Waals surface area contributed by atoms with Crippen LogP contribution in [-0.4, -0.2) is 14.8 Å². The smallest absolute Gasteiger partial charge is 0.146 e. The van der Waals surface area contributed by atoms with Crippen molar-refractivity contribution >= 4 is 17.3 Å². The summed E-state index contributed by atoms with van der Waals surface area (Å²) < 4.78 is 15.3. The van der Waals surface area contributed by atoms with Gasteiger partial charge in [0.2, 0.25) is 0 Å². The normalized spacial score (nSPS) is 10.9. The first kappa shape index (κ1) is 12.8. The summed E-state index contributed by atoms with van der Waals surface area (Å²) in [5.74, 6) is 0.416. The molecule has 0 aliphatic carbocycles. The molecule has 0 saturated heterocycles. The van der Waals surface area contributed by atoms with E-state index in [-0.39, 0.29) is 11.9 Å². The lowest BCUT2D eigenvalue weighted by Crippen LogP contribution is -2.12. The van der Waals surface area contributed by atoms with E-state index in [0.717, 1.165) is 5.82 Å². The van der Waals surface area contributed by atoms with Crippen molar-refractivity contribution in [1.29, 1.82) is 0 Å². The summed E-state index contributed by atoms with van der Waals surface area (Å²) in [7, 11) is 0. The molecule has 1 heterocycles. The first-order valence-corrected chi connectivity index (χ1v) is 6.03. The summed E-state index contributed by atoms with van der Waals surface area (Å²) in [6, 6.07) is 4.61. The number of aromatic nitrogens is 3. The molecule has 1 N–H and O–H groups in total. The van der Waals surface area contributed by atoms with Gasteiger partial charge in [0.25, 0.3) is 0 Å². The molecule has 1 aromatic heterocycles. The van der Waals surface area contributed by atoms with Crippen molar-refractivity contribution in [3.05, 3.63) is 41.2 Å². The fourth-order valence-electron chi connectivity index (χ4n) is 1.64. The second-order valence-electron chi connectivity index (χ2n) is 4.19. The van der Waals surface area contributed by atoms with Crippen LogP contribution in [0.4, 0.5) is 10.1 Å². The van der Waals surface area contributed by atoms with E-state index in [1.807, 2.05) is 13.8 Å². The highest BCUT2D eigenvalue weighted by atomic mass is 35.5. The first-order chi connectivity index (χ1) is 8.58. The highest BCUT2D eigenvalue weighted by Crippen LogP contribution is 2.20. The number of benzene rings is 1. The quantitative estimate of drug-likeness (QED) is 0.925. The average molecular weight is 269 g/mol. The van der Waals surface area contributed by atoms with Crippen molar-refractivity contribution in [3.63, 3.8) is 0 Å². The Hall–Kier alpha value is -1.62. The molecule has 2 rings (SSSR count). The summed E-state index contributed by atoms with van der Waals surface area (Å²) in [6.07, 6.45) is 1.49. The third-order valence-corrected chi connectivity index (χ3v) is 2.74. The molecule has 0 spiro atoms. The van der Waals surface area contributed by atoms with Gasteiger partial charge in [-0.1, -0.05) is 11.6 Å². The number of hydrogen-bond acceptors (Lipinski definition) is 3. The van der Waals surface area contributed by atoms with Crippen LogP contribution in [-0.2, 0) is 6.54 Å². The van der Waals surface area contributed by atoms with Crippen molar-refractivity contribution in [1.82, 2.24) is 14.8 Å². The van der Waals surface area contributed by atoms with Gasteiger partial charge in [-0.15, -0.1) is 0 Å².